The fourth-order valence-electron chi connectivity index (χ4n) is 5.18. The molecule has 8 nitrogen and oxygen atoms in total. The van der Waals surface area contributed by atoms with Gasteiger partial charge in [-0.3, -0.25) is 9.59 Å². The Bertz CT molecular complexity index is 1080. The fourth-order valence-corrected chi connectivity index (χ4v) is 5.18. The maximum atomic E-state index is 12.9. The molecule has 2 fully saturated rings. The molecule has 3 aliphatic rings. The lowest BCUT2D eigenvalue weighted by Crippen LogP contribution is -2.67. The molecule has 1 atom stereocenters. The summed E-state index contributed by atoms with van der Waals surface area (Å²) in [4.78, 5) is 38.2. The smallest absolute Gasteiger partial charge is 0.407 e. The molecule has 8 heteroatoms. The van der Waals surface area contributed by atoms with Crippen LogP contribution in [0.5, 0.6) is 0 Å². The summed E-state index contributed by atoms with van der Waals surface area (Å²) < 4.78 is 5.53. The van der Waals surface area contributed by atoms with E-state index in [4.69, 9.17) is 9.84 Å². The van der Waals surface area contributed by atoms with E-state index in [1.54, 1.807) is 0 Å². The van der Waals surface area contributed by atoms with Crippen LogP contribution in [0.3, 0.4) is 0 Å². The number of β-amino-alcohol motifs (C(OH)–C–C–N with tert-alkyl or cyclic N) is 1. The van der Waals surface area contributed by atoms with Crippen molar-refractivity contribution in [3.05, 3.63) is 59.7 Å². The Morgan fingerprint density at radius 3 is 2.18 bits per heavy atom. The lowest BCUT2D eigenvalue weighted by Gasteiger charge is -2.48. The quantitative estimate of drug-likeness (QED) is 0.553. The maximum Gasteiger partial charge on any atom is 0.407 e. The average molecular weight is 465 g/mol. The number of ether oxygens (including phenoxy) is 1. The van der Waals surface area contributed by atoms with Crippen LogP contribution in [0.2, 0.25) is 0 Å². The molecule has 2 aliphatic carbocycles. The number of aliphatic carboxylic acids is 1. The van der Waals surface area contributed by atoms with Crippen LogP contribution in [0.15, 0.2) is 48.5 Å². The lowest BCUT2D eigenvalue weighted by atomic mass is 9.88. The van der Waals surface area contributed by atoms with Crippen molar-refractivity contribution in [3.8, 4) is 11.1 Å². The first-order valence-electron chi connectivity index (χ1n) is 11.7. The Morgan fingerprint density at radius 1 is 1.03 bits per heavy atom. The molecule has 1 saturated carbocycles. The molecule has 2 aromatic carbocycles. The number of carbonyl (C=O) groups is 3. The van der Waals surface area contributed by atoms with Crippen LogP contribution >= 0.6 is 0 Å². The van der Waals surface area contributed by atoms with Crippen molar-refractivity contribution < 1.29 is 29.3 Å². The van der Waals surface area contributed by atoms with Crippen LogP contribution in [0.4, 0.5) is 4.79 Å². The van der Waals surface area contributed by atoms with Crippen molar-refractivity contribution in [3.63, 3.8) is 0 Å². The SMILES string of the molecule is O=C(O)CCC(NC(=O)OCC1c2ccccc2-c2ccccc21)C(=O)N1CC(O)(C2CC2)C1. The summed E-state index contributed by atoms with van der Waals surface area (Å²) in [5, 5.41) is 22.2. The Hall–Kier alpha value is -3.39. The van der Waals surface area contributed by atoms with E-state index in [1.165, 1.54) is 4.90 Å². The summed E-state index contributed by atoms with van der Waals surface area (Å²) in [5.41, 5.74) is 3.53. The number of likely N-dealkylation sites (tertiary alicyclic amines) is 1. The Morgan fingerprint density at radius 2 is 1.62 bits per heavy atom. The normalized spacial score (nSPS) is 18.9. The van der Waals surface area contributed by atoms with Gasteiger partial charge < -0.3 is 25.2 Å². The zero-order valence-electron chi connectivity index (χ0n) is 18.8. The number of alkyl carbamates (subject to hydrolysis) is 1. The van der Waals surface area contributed by atoms with Crippen LogP contribution in [-0.4, -0.2) is 64.4 Å². The van der Waals surface area contributed by atoms with E-state index in [1.807, 2.05) is 48.5 Å². The standard InChI is InChI=1S/C26H28N2O6/c29-23(30)12-11-22(24(31)28-14-26(33,15-28)16-9-10-16)27-25(32)34-13-21-19-7-3-1-5-17(19)18-6-2-4-8-20(18)21/h1-8,16,21-22,33H,9-15H2,(H,27,32)(H,29,30). The predicted octanol–water partition coefficient (Wildman–Crippen LogP) is 2.74. The van der Waals surface area contributed by atoms with Gasteiger partial charge in [0.1, 0.15) is 18.2 Å². The second-order valence-electron chi connectivity index (χ2n) is 9.53. The maximum absolute atomic E-state index is 12.9. The number of amides is 2. The minimum absolute atomic E-state index is 0.0449. The molecule has 0 radical (unpaired) electrons. The Balaban J connectivity index is 1.22. The van der Waals surface area contributed by atoms with E-state index < -0.39 is 23.7 Å². The van der Waals surface area contributed by atoms with Gasteiger partial charge in [0, 0.05) is 12.3 Å². The summed E-state index contributed by atoms with van der Waals surface area (Å²) in [6.45, 7) is 0.531. The predicted molar refractivity (Wildman–Crippen MR) is 123 cm³/mol. The third kappa shape index (κ3) is 4.25. The number of benzene rings is 2. The van der Waals surface area contributed by atoms with Crippen LogP contribution in [0.25, 0.3) is 11.1 Å². The van der Waals surface area contributed by atoms with Gasteiger partial charge >= 0.3 is 12.1 Å². The van der Waals surface area contributed by atoms with Crippen LogP contribution in [0.1, 0.15) is 42.7 Å². The third-order valence-corrected chi connectivity index (χ3v) is 7.16. The number of hydrogen-bond donors (Lipinski definition) is 3. The molecular formula is C26H28N2O6. The highest BCUT2D eigenvalue weighted by Crippen LogP contribution is 2.45. The zero-order chi connectivity index (χ0) is 23.9. The third-order valence-electron chi connectivity index (χ3n) is 7.16. The summed E-state index contributed by atoms with van der Waals surface area (Å²) >= 11 is 0. The van der Waals surface area contributed by atoms with Gasteiger partial charge in [-0.15, -0.1) is 0 Å². The molecule has 1 heterocycles. The van der Waals surface area contributed by atoms with Gasteiger partial charge in [-0.1, -0.05) is 48.5 Å². The van der Waals surface area contributed by atoms with Gasteiger partial charge in [-0.05, 0) is 47.4 Å². The number of carbonyl (C=O) groups excluding carboxylic acids is 2. The first-order valence-corrected chi connectivity index (χ1v) is 11.7. The van der Waals surface area contributed by atoms with Crippen molar-refractivity contribution in [2.24, 2.45) is 5.92 Å². The molecule has 0 bridgehead atoms. The first kappa shape index (κ1) is 22.4. The molecule has 2 amide bonds. The summed E-state index contributed by atoms with van der Waals surface area (Å²) in [5.74, 6) is -1.33. The van der Waals surface area contributed by atoms with Crippen molar-refractivity contribution in [1.29, 1.82) is 0 Å². The molecule has 1 unspecified atom stereocenters. The second kappa shape index (κ2) is 8.76. The topological polar surface area (TPSA) is 116 Å². The molecular weight excluding hydrogens is 436 g/mol. The van der Waals surface area contributed by atoms with E-state index in [9.17, 15) is 19.5 Å². The van der Waals surface area contributed by atoms with E-state index in [2.05, 4.69) is 5.32 Å². The number of nitrogens with one attached hydrogen (secondary N) is 1. The zero-order valence-corrected chi connectivity index (χ0v) is 18.8. The minimum atomic E-state index is -1.05. The summed E-state index contributed by atoms with van der Waals surface area (Å²) in [6, 6.07) is 15.0. The molecule has 3 N–H and O–H groups in total. The monoisotopic (exact) mass is 464 g/mol. The largest absolute Gasteiger partial charge is 0.481 e. The molecule has 0 aromatic heterocycles. The van der Waals surface area contributed by atoms with Gasteiger partial charge in [0.2, 0.25) is 5.91 Å². The highest BCUT2D eigenvalue weighted by Gasteiger charge is 2.54. The molecule has 5 rings (SSSR count). The number of hydrogen-bond acceptors (Lipinski definition) is 5. The lowest BCUT2D eigenvalue weighted by molar-refractivity contribution is -0.161. The number of carboxylic acid groups (broad SMARTS) is 1. The highest BCUT2D eigenvalue weighted by molar-refractivity contribution is 5.87. The van der Waals surface area contributed by atoms with E-state index >= 15 is 0 Å². The van der Waals surface area contributed by atoms with E-state index in [0.29, 0.717) is 0 Å². The molecule has 1 saturated heterocycles. The Kier molecular flexibility index (Phi) is 5.77. The number of fused-ring (bicyclic) bond motifs is 3. The number of nitrogens with zero attached hydrogens (tertiary/aromatic N) is 1. The van der Waals surface area contributed by atoms with Gasteiger partial charge in [-0.2, -0.15) is 0 Å². The van der Waals surface area contributed by atoms with Gasteiger partial charge in [-0.25, -0.2) is 4.79 Å². The van der Waals surface area contributed by atoms with Crippen LogP contribution in [0, 0.1) is 5.92 Å². The average Bonchev–Trinajstić information content (AvgIpc) is 3.61. The summed E-state index contributed by atoms with van der Waals surface area (Å²) in [7, 11) is 0. The van der Waals surface area contributed by atoms with Gasteiger partial charge in [0.15, 0.2) is 0 Å². The second-order valence-corrected chi connectivity index (χ2v) is 9.53. The van der Waals surface area contributed by atoms with E-state index in [-0.39, 0.29) is 50.3 Å². The fraction of sp³-hybridized carbons (Fsp3) is 0.423. The molecule has 34 heavy (non-hydrogen) atoms. The van der Waals surface area contributed by atoms with Crippen LogP contribution < -0.4 is 5.32 Å². The molecule has 2 aromatic rings. The molecule has 178 valence electrons. The first-order chi connectivity index (χ1) is 16.4. The number of carboxylic acids is 1. The van der Waals surface area contributed by atoms with Crippen molar-refractivity contribution in [2.45, 2.75) is 43.2 Å². The van der Waals surface area contributed by atoms with E-state index in [0.717, 1.165) is 35.1 Å². The minimum Gasteiger partial charge on any atom is -0.481 e. The molecule has 0 spiro atoms. The summed E-state index contributed by atoms with van der Waals surface area (Å²) in [6.07, 6.45) is 0.846. The highest BCUT2D eigenvalue weighted by atomic mass is 16.5. The number of rotatable bonds is 8. The van der Waals surface area contributed by atoms with Crippen molar-refractivity contribution in [2.75, 3.05) is 19.7 Å². The Labute approximate surface area is 197 Å². The molecule has 1 aliphatic heterocycles. The van der Waals surface area contributed by atoms with Crippen LogP contribution in [-0.2, 0) is 14.3 Å². The van der Waals surface area contributed by atoms with Gasteiger partial charge in [0.05, 0.1) is 13.1 Å². The van der Waals surface area contributed by atoms with Crippen molar-refractivity contribution in [1.82, 2.24) is 10.2 Å². The van der Waals surface area contributed by atoms with Crippen molar-refractivity contribution >= 4 is 18.0 Å². The van der Waals surface area contributed by atoms with Gasteiger partial charge in [0.25, 0.3) is 0 Å². The number of aliphatic hydroxyl groups is 1.